The fourth-order valence-corrected chi connectivity index (χ4v) is 1.91. The van der Waals surface area contributed by atoms with Crippen molar-refractivity contribution in [3.8, 4) is 0 Å². The third kappa shape index (κ3) is 3.25. The van der Waals surface area contributed by atoms with Gasteiger partial charge in [0.15, 0.2) is 0 Å². The van der Waals surface area contributed by atoms with Gasteiger partial charge in [-0.1, -0.05) is 0 Å². The summed E-state index contributed by atoms with van der Waals surface area (Å²) in [6.45, 7) is 1.83. The van der Waals surface area contributed by atoms with Gasteiger partial charge < -0.3 is 4.90 Å². The molecule has 5 heteroatoms. The van der Waals surface area contributed by atoms with E-state index in [4.69, 9.17) is 0 Å². The molecule has 1 aromatic heterocycles. The Bertz CT molecular complexity index is 528. The van der Waals surface area contributed by atoms with Gasteiger partial charge in [0.2, 0.25) is 5.95 Å². The minimum Gasteiger partial charge on any atom is -0.303 e. The van der Waals surface area contributed by atoms with E-state index in [1.54, 1.807) is 30.3 Å². The van der Waals surface area contributed by atoms with E-state index in [0.717, 1.165) is 9.26 Å². The fraction of sp³-hybridized carbons (Fsp3) is 0.154. The molecule has 0 saturated heterocycles. The molecule has 2 aromatic rings. The SMILES string of the molecule is CC(=O)CN(c1ccc(I)cc1)c1ncccn1. The number of nitrogens with zero attached hydrogens (tertiary/aromatic N) is 3. The molecule has 0 aliphatic carbocycles. The molecule has 0 fully saturated rings. The highest BCUT2D eigenvalue weighted by Gasteiger charge is 2.13. The largest absolute Gasteiger partial charge is 0.303 e. The molecule has 0 saturated carbocycles. The van der Waals surface area contributed by atoms with Gasteiger partial charge in [-0.3, -0.25) is 4.79 Å². The minimum atomic E-state index is 0.0704. The molecule has 0 N–H and O–H groups in total. The van der Waals surface area contributed by atoms with E-state index in [9.17, 15) is 4.79 Å². The first-order valence-corrected chi connectivity index (χ1v) is 6.54. The lowest BCUT2D eigenvalue weighted by Crippen LogP contribution is -2.25. The molecule has 0 atom stereocenters. The Balaban J connectivity index is 2.36. The average Bonchev–Trinajstić information content (AvgIpc) is 2.38. The predicted molar refractivity (Wildman–Crippen MR) is 78.9 cm³/mol. The smallest absolute Gasteiger partial charge is 0.230 e. The first-order chi connectivity index (χ1) is 8.66. The molecule has 92 valence electrons. The Morgan fingerprint density at radius 1 is 1.22 bits per heavy atom. The Morgan fingerprint density at radius 3 is 2.39 bits per heavy atom. The Hall–Kier alpha value is -1.50. The monoisotopic (exact) mass is 353 g/mol. The summed E-state index contributed by atoms with van der Waals surface area (Å²) in [5, 5.41) is 0. The van der Waals surface area contributed by atoms with Crippen molar-refractivity contribution in [2.75, 3.05) is 11.4 Å². The molecule has 0 radical (unpaired) electrons. The molecule has 1 aromatic carbocycles. The van der Waals surface area contributed by atoms with Gasteiger partial charge in [0.1, 0.15) is 5.78 Å². The maximum absolute atomic E-state index is 11.4. The van der Waals surface area contributed by atoms with Gasteiger partial charge >= 0.3 is 0 Å². The third-order valence-electron chi connectivity index (χ3n) is 2.31. The van der Waals surface area contributed by atoms with Crippen LogP contribution in [0.4, 0.5) is 11.6 Å². The van der Waals surface area contributed by atoms with Crippen LogP contribution < -0.4 is 4.90 Å². The summed E-state index contributed by atoms with van der Waals surface area (Å²) >= 11 is 2.24. The van der Waals surface area contributed by atoms with Gasteiger partial charge in [-0.2, -0.15) is 0 Å². The van der Waals surface area contributed by atoms with Crippen LogP contribution in [0.3, 0.4) is 0 Å². The van der Waals surface area contributed by atoms with Gasteiger partial charge in [-0.25, -0.2) is 9.97 Å². The Kier molecular flexibility index (Phi) is 4.24. The second kappa shape index (κ2) is 5.90. The number of ketones is 1. The van der Waals surface area contributed by atoms with Crippen molar-refractivity contribution in [1.29, 1.82) is 0 Å². The molecule has 1 heterocycles. The molecule has 4 nitrogen and oxygen atoms in total. The molecular formula is C13H12IN3O. The second-order valence-electron chi connectivity index (χ2n) is 3.81. The van der Waals surface area contributed by atoms with Crippen LogP contribution in [0.25, 0.3) is 0 Å². The number of carbonyl (C=O) groups excluding carboxylic acids is 1. The van der Waals surface area contributed by atoms with Gasteiger partial charge in [-0.15, -0.1) is 0 Å². The van der Waals surface area contributed by atoms with Crippen LogP contribution in [0.15, 0.2) is 42.7 Å². The summed E-state index contributed by atoms with van der Waals surface area (Å²) in [5.41, 5.74) is 0.914. The zero-order chi connectivity index (χ0) is 13.0. The quantitative estimate of drug-likeness (QED) is 0.793. The molecule has 0 unspecified atom stereocenters. The highest BCUT2D eigenvalue weighted by molar-refractivity contribution is 14.1. The Morgan fingerprint density at radius 2 is 1.83 bits per heavy atom. The number of rotatable bonds is 4. The van der Waals surface area contributed by atoms with Crippen molar-refractivity contribution in [1.82, 2.24) is 9.97 Å². The van der Waals surface area contributed by atoms with E-state index in [1.165, 1.54) is 0 Å². The summed E-state index contributed by atoms with van der Waals surface area (Å²) in [4.78, 5) is 21.6. The number of aromatic nitrogens is 2. The van der Waals surface area contributed by atoms with Crippen LogP contribution in [-0.2, 0) is 4.79 Å². The number of halogens is 1. The minimum absolute atomic E-state index is 0.0704. The zero-order valence-corrected chi connectivity index (χ0v) is 12.0. The zero-order valence-electron chi connectivity index (χ0n) is 9.88. The predicted octanol–water partition coefficient (Wildman–Crippen LogP) is 2.81. The summed E-state index contributed by atoms with van der Waals surface area (Å²) < 4.78 is 1.15. The first-order valence-electron chi connectivity index (χ1n) is 5.46. The average molecular weight is 353 g/mol. The summed E-state index contributed by atoms with van der Waals surface area (Å²) in [5.74, 6) is 0.606. The van der Waals surface area contributed by atoms with Gasteiger partial charge in [0, 0.05) is 21.7 Å². The number of hydrogen-bond donors (Lipinski definition) is 0. The first kappa shape index (κ1) is 12.9. The van der Waals surface area contributed by atoms with Crippen molar-refractivity contribution < 1.29 is 4.79 Å². The van der Waals surface area contributed by atoms with Crippen LogP contribution >= 0.6 is 22.6 Å². The maximum atomic E-state index is 11.4. The molecule has 0 bridgehead atoms. The van der Waals surface area contributed by atoms with E-state index >= 15 is 0 Å². The maximum Gasteiger partial charge on any atom is 0.230 e. The van der Waals surface area contributed by atoms with E-state index < -0.39 is 0 Å². The lowest BCUT2D eigenvalue weighted by atomic mass is 10.3. The number of hydrogen-bond acceptors (Lipinski definition) is 4. The lowest BCUT2D eigenvalue weighted by Gasteiger charge is -2.21. The number of Topliss-reactive ketones (excluding diaryl/α,β-unsaturated/α-hetero) is 1. The normalized spacial score (nSPS) is 10.1. The topological polar surface area (TPSA) is 46.1 Å². The van der Waals surface area contributed by atoms with Crippen LogP contribution in [0.5, 0.6) is 0 Å². The van der Waals surface area contributed by atoms with Crippen LogP contribution in [-0.4, -0.2) is 22.3 Å². The van der Waals surface area contributed by atoms with E-state index in [1.807, 2.05) is 24.3 Å². The third-order valence-corrected chi connectivity index (χ3v) is 3.03. The molecule has 2 rings (SSSR count). The highest BCUT2D eigenvalue weighted by Crippen LogP contribution is 2.22. The summed E-state index contributed by atoms with van der Waals surface area (Å²) in [7, 11) is 0. The van der Waals surface area contributed by atoms with Crippen molar-refractivity contribution in [3.05, 3.63) is 46.3 Å². The summed E-state index contributed by atoms with van der Waals surface area (Å²) in [6, 6.07) is 9.66. The van der Waals surface area contributed by atoms with E-state index in [0.29, 0.717) is 5.95 Å². The van der Waals surface area contributed by atoms with Gasteiger partial charge in [-0.05, 0) is 59.8 Å². The van der Waals surface area contributed by atoms with Crippen LogP contribution in [0.2, 0.25) is 0 Å². The fourth-order valence-electron chi connectivity index (χ4n) is 1.55. The second-order valence-corrected chi connectivity index (χ2v) is 5.06. The highest BCUT2D eigenvalue weighted by atomic mass is 127. The van der Waals surface area contributed by atoms with Crippen molar-refractivity contribution >= 4 is 40.0 Å². The molecule has 0 amide bonds. The molecule has 18 heavy (non-hydrogen) atoms. The number of carbonyl (C=O) groups is 1. The van der Waals surface area contributed by atoms with Crippen molar-refractivity contribution in [2.45, 2.75) is 6.92 Å². The van der Waals surface area contributed by atoms with Gasteiger partial charge in [0.25, 0.3) is 0 Å². The van der Waals surface area contributed by atoms with Crippen molar-refractivity contribution in [3.63, 3.8) is 0 Å². The molecule has 0 aliphatic rings. The van der Waals surface area contributed by atoms with E-state index in [-0.39, 0.29) is 12.3 Å². The Labute approximate surface area is 119 Å². The summed E-state index contributed by atoms with van der Waals surface area (Å²) in [6.07, 6.45) is 3.34. The molecule has 0 spiro atoms. The molecular weight excluding hydrogens is 341 g/mol. The lowest BCUT2D eigenvalue weighted by molar-refractivity contribution is -0.115. The molecule has 0 aliphatic heterocycles. The number of benzene rings is 1. The van der Waals surface area contributed by atoms with Crippen molar-refractivity contribution in [2.24, 2.45) is 0 Å². The van der Waals surface area contributed by atoms with Gasteiger partial charge in [0.05, 0.1) is 6.54 Å². The number of anilines is 2. The standard InChI is InChI=1S/C13H12IN3O/c1-10(18)9-17(13-15-7-2-8-16-13)12-5-3-11(14)4-6-12/h2-8H,9H2,1H3. The van der Waals surface area contributed by atoms with Crippen LogP contribution in [0.1, 0.15) is 6.92 Å². The van der Waals surface area contributed by atoms with Crippen LogP contribution in [0, 0.1) is 3.57 Å². The van der Waals surface area contributed by atoms with E-state index in [2.05, 4.69) is 32.6 Å².